The minimum absolute atomic E-state index is 0.0492. The molecule has 2 aliphatic heterocycles. The first-order valence-electron chi connectivity index (χ1n) is 7.93. The summed E-state index contributed by atoms with van der Waals surface area (Å²) in [5.74, 6) is -1.93. The fourth-order valence-corrected chi connectivity index (χ4v) is 3.16. The van der Waals surface area contributed by atoms with Gasteiger partial charge in [-0.25, -0.2) is 8.78 Å². The van der Waals surface area contributed by atoms with E-state index in [2.05, 4.69) is 16.0 Å². The maximum atomic E-state index is 13.5. The van der Waals surface area contributed by atoms with Crippen LogP contribution in [0.4, 0.5) is 8.78 Å². The number of benzene rings is 1. The summed E-state index contributed by atoms with van der Waals surface area (Å²) >= 11 is 0. The van der Waals surface area contributed by atoms with Crippen LogP contribution in [0.15, 0.2) is 18.2 Å². The van der Waals surface area contributed by atoms with Crippen LogP contribution in [0.3, 0.4) is 0 Å². The van der Waals surface area contributed by atoms with Gasteiger partial charge >= 0.3 is 0 Å². The zero-order valence-corrected chi connectivity index (χ0v) is 12.8. The summed E-state index contributed by atoms with van der Waals surface area (Å²) < 4.78 is 32.1. The van der Waals surface area contributed by atoms with Gasteiger partial charge in [-0.05, 0) is 30.7 Å². The molecule has 2 fully saturated rings. The molecule has 0 saturated carbocycles. The molecule has 126 valence electrons. The van der Waals surface area contributed by atoms with Gasteiger partial charge in [0.1, 0.15) is 6.10 Å². The minimum Gasteiger partial charge on any atom is -0.366 e. The first kappa shape index (κ1) is 16.3. The minimum atomic E-state index is -0.857. The Balaban J connectivity index is 1.70. The van der Waals surface area contributed by atoms with E-state index in [1.807, 2.05) is 0 Å². The number of amides is 1. The van der Waals surface area contributed by atoms with Crippen LogP contribution in [0, 0.1) is 11.6 Å². The topological polar surface area (TPSA) is 62.4 Å². The van der Waals surface area contributed by atoms with Gasteiger partial charge in [0.05, 0.1) is 6.61 Å². The van der Waals surface area contributed by atoms with Crippen molar-refractivity contribution in [2.45, 2.75) is 24.5 Å². The fraction of sp³-hybridized carbons (Fsp3) is 0.562. The molecule has 0 spiro atoms. The Morgan fingerprint density at radius 1 is 1.17 bits per heavy atom. The monoisotopic (exact) mass is 325 g/mol. The molecule has 0 aromatic heterocycles. The lowest BCUT2D eigenvalue weighted by Gasteiger charge is -2.34. The van der Waals surface area contributed by atoms with Gasteiger partial charge in [-0.2, -0.15) is 0 Å². The van der Waals surface area contributed by atoms with Crippen LogP contribution in [-0.4, -0.2) is 50.8 Å². The van der Waals surface area contributed by atoms with E-state index < -0.39 is 17.7 Å². The van der Waals surface area contributed by atoms with Crippen LogP contribution in [0.25, 0.3) is 0 Å². The molecule has 3 N–H and O–H groups in total. The third-order valence-corrected chi connectivity index (χ3v) is 4.40. The van der Waals surface area contributed by atoms with Crippen LogP contribution in [-0.2, 0) is 9.53 Å². The van der Waals surface area contributed by atoms with E-state index in [9.17, 15) is 13.6 Å². The third-order valence-electron chi connectivity index (χ3n) is 4.40. The Morgan fingerprint density at radius 3 is 2.74 bits per heavy atom. The van der Waals surface area contributed by atoms with Crippen LogP contribution in [0.5, 0.6) is 0 Å². The van der Waals surface area contributed by atoms with Gasteiger partial charge in [0.25, 0.3) is 5.91 Å². The molecule has 2 heterocycles. The average molecular weight is 325 g/mol. The number of halogens is 2. The highest BCUT2D eigenvalue weighted by atomic mass is 19.2. The lowest BCUT2D eigenvalue weighted by atomic mass is 9.86. The van der Waals surface area contributed by atoms with Crippen LogP contribution in [0.1, 0.15) is 17.9 Å². The standard InChI is InChI=1S/C16H21F2N3O2/c17-12-2-1-10(7-13(12)18)11-3-4-19-8-14(11)21-16(22)15-9-20-5-6-23-15/h1-2,7,11,14-15,19-20H,3-6,8-9H2,(H,21,22). The van der Waals surface area contributed by atoms with Crippen molar-refractivity contribution in [1.82, 2.24) is 16.0 Å². The molecular weight excluding hydrogens is 304 g/mol. The molecule has 0 radical (unpaired) electrons. The summed E-state index contributed by atoms with van der Waals surface area (Å²) in [7, 11) is 0. The molecule has 3 unspecified atom stereocenters. The van der Waals surface area contributed by atoms with Gasteiger partial charge in [0.15, 0.2) is 11.6 Å². The molecule has 1 aromatic rings. The lowest BCUT2D eigenvalue weighted by Crippen LogP contribution is -2.55. The maximum absolute atomic E-state index is 13.5. The molecule has 2 saturated heterocycles. The zero-order valence-electron chi connectivity index (χ0n) is 12.8. The average Bonchev–Trinajstić information content (AvgIpc) is 2.59. The number of piperidine rings is 1. The predicted octanol–water partition coefficient (Wildman–Crippen LogP) is 0.515. The molecule has 0 bridgehead atoms. The Bertz CT molecular complexity index is 564. The van der Waals surface area contributed by atoms with E-state index >= 15 is 0 Å². The molecule has 1 amide bonds. The van der Waals surface area contributed by atoms with Crippen molar-refractivity contribution in [2.75, 3.05) is 32.8 Å². The molecule has 2 aliphatic rings. The Kier molecular flexibility index (Phi) is 5.20. The normalized spacial score (nSPS) is 28.3. The fourth-order valence-electron chi connectivity index (χ4n) is 3.16. The second-order valence-corrected chi connectivity index (χ2v) is 5.95. The number of rotatable bonds is 3. The van der Waals surface area contributed by atoms with Crippen molar-refractivity contribution in [1.29, 1.82) is 0 Å². The number of nitrogens with one attached hydrogen (secondary N) is 3. The van der Waals surface area contributed by atoms with Gasteiger partial charge in [0, 0.05) is 31.6 Å². The molecule has 0 aliphatic carbocycles. The molecule has 3 atom stereocenters. The number of carbonyl (C=O) groups is 1. The van der Waals surface area contributed by atoms with Crippen LogP contribution >= 0.6 is 0 Å². The highest BCUT2D eigenvalue weighted by molar-refractivity contribution is 5.81. The third kappa shape index (κ3) is 3.85. The van der Waals surface area contributed by atoms with Crippen LogP contribution in [0.2, 0.25) is 0 Å². The number of hydrogen-bond acceptors (Lipinski definition) is 4. The predicted molar refractivity (Wildman–Crippen MR) is 81.1 cm³/mol. The highest BCUT2D eigenvalue weighted by Crippen LogP contribution is 2.27. The van der Waals surface area contributed by atoms with Gasteiger partial charge < -0.3 is 20.7 Å². The number of ether oxygens (including phenoxy) is 1. The SMILES string of the molecule is O=C(NC1CNCCC1c1ccc(F)c(F)c1)C1CNCCO1. The van der Waals surface area contributed by atoms with Gasteiger partial charge in [-0.3, -0.25) is 4.79 Å². The van der Waals surface area contributed by atoms with E-state index in [-0.39, 0.29) is 17.9 Å². The summed E-state index contributed by atoms with van der Waals surface area (Å²) in [6, 6.07) is 3.78. The highest BCUT2D eigenvalue weighted by Gasteiger charge is 2.31. The zero-order chi connectivity index (χ0) is 16.2. The molecular formula is C16H21F2N3O2. The van der Waals surface area contributed by atoms with Crippen molar-refractivity contribution in [3.63, 3.8) is 0 Å². The summed E-state index contributed by atoms with van der Waals surface area (Å²) in [5, 5.41) is 9.34. The quantitative estimate of drug-likeness (QED) is 0.758. The van der Waals surface area contributed by atoms with E-state index in [4.69, 9.17) is 4.74 Å². The van der Waals surface area contributed by atoms with E-state index in [1.54, 1.807) is 6.07 Å². The van der Waals surface area contributed by atoms with Crippen molar-refractivity contribution in [2.24, 2.45) is 0 Å². The van der Waals surface area contributed by atoms with Gasteiger partial charge in [-0.15, -0.1) is 0 Å². The summed E-state index contributed by atoms with van der Waals surface area (Å²) in [4.78, 5) is 12.3. The second-order valence-electron chi connectivity index (χ2n) is 5.95. The summed E-state index contributed by atoms with van der Waals surface area (Å²) in [5.41, 5.74) is 0.707. The van der Waals surface area contributed by atoms with E-state index in [0.29, 0.717) is 25.3 Å². The van der Waals surface area contributed by atoms with Crippen molar-refractivity contribution in [3.8, 4) is 0 Å². The molecule has 3 rings (SSSR count). The lowest BCUT2D eigenvalue weighted by molar-refractivity contribution is -0.135. The van der Waals surface area contributed by atoms with Gasteiger partial charge in [-0.1, -0.05) is 6.07 Å². The number of hydrogen-bond donors (Lipinski definition) is 3. The van der Waals surface area contributed by atoms with Crippen LogP contribution < -0.4 is 16.0 Å². The first-order valence-corrected chi connectivity index (χ1v) is 7.93. The van der Waals surface area contributed by atoms with Crippen molar-refractivity contribution in [3.05, 3.63) is 35.4 Å². The Morgan fingerprint density at radius 2 is 2.00 bits per heavy atom. The first-order chi connectivity index (χ1) is 11.1. The molecule has 7 heteroatoms. The maximum Gasteiger partial charge on any atom is 0.250 e. The molecule has 5 nitrogen and oxygen atoms in total. The van der Waals surface area contributed by atoms with Crippen molar-refractivity contribution < 1.29 is 18.3 Å². The summed E-state index contributed by atoms with van der Waals surface area (Å²) in [6.45, 7) is 3.11. The Hall–Kier alpha value is -1.57. The van der Waals surface area contributed by atoms with E-state index in [1.165, 1.54) is 6.07 Å². The number of morpholine rings is 1. The van der Waals surface area contributed by atoms with Gasteiger partial charge in [0.2, 0.25) is 0 Å². The molecule has 1 aromatic carbocycles. The Labute approximate surface area is 133 Å². The summed E-state index contributed by atoms with van der Waals surface area (Å²) in [6.07, 6.45) is 0.246. The van der Waals surface area contributed by atoms with Crippen molar-refractivity contribution >= 4 is 5.91 Å². The largest absolute Gasteiger partial charge is 0.366 e. The number of carbonyl (C=O) groups excluding carboxylic acids is 1. The smallest absolute Gasteiger partial charge is 0.250 e. The molecule has 23 heavy (non-hydrogen) atoms. The van der Waals surface area contributed by atoms with E-state index in [0.717, 1.165) is 25.6 Å². The second kappa shape index (κ2) is 7.33.